The van der Waals surface area contributed by atoms with E-state index in [2.05, 4.69) is 5.16 Å². The number of carbonyl (C=O) groups excluding carboxylic acids is 1. The first-order valence-corrected chi connectivity index (χ1v) is 18.2. The Labute approximate surface area is 303 Å². The highest BCUT2D eigenvalue weighted by atomic mass is 16.7. The van der Waals surface area contributed by atoms with Crippen molar-refractivity contribution in [2.45, 2.75) is 173 Å². The number of ether oxygens (including phenoxy) is 6. The van der Waals surface area contributed by atoms with Gasteiger partial charge >= 0.3 is 5.97 Å². The molecule has 18 atom stereocenters. The van der Waals surface area contributed by atoms with Crippen molar-refractivity contribution in [1.82, 2.24) is 4.90 Å². The van der Waals surface area contributed by atoms with Crippen LogP contribution >= 0.6 is 0 Å². The van der Waals surface area contributed by atoms with Gasteiger partial charge in [-0.3, -0.25) is 4.79 Å². The molecule has 6 N–H and O–H groups in total. The highest BCUT2D eigenvalue weighted by molar-refractivity contribution is 5.88. The number of hydrogen-bond donors (Lipinski definition) is 6. The molecule has 0 bridgehead atoms. The largest absolute Gasteiger partial charge is 0.459 e. The van der Waals surface area contributed by atoms with E-state index < -0.39 is 102 Å². The molecule has 3 heterocycles. The summed E-state index contributed by atoms with van der Waals surface area (Å²) in [6.45, 7) is 16.3. The van der Waals surface area contributed by atoms with Crippen LogP contribution in [0.25, 0.3) is 0 Å². The Morgan fingerprint density at radius 1 is 0.882 bits per heavy atom. The van der Waals surface area contributed by atoms with Crippen molar-refractivity contribution in [1.29, 1.82) is 0 Å². The normalized spacial score (nSPS) is 50.5. The van der Waals surface area contributed by atoms with E-state index in [1.165, 1.54) is 21.0 Å². The van der Waals surface area contributed by atoms with Gasteiger partial charge in [0.05, 0.1) is 53.4 Å². The SMILES string of the molecule is COC1(C)CC(O[C@H]2[C@H](C)[C@@H](OC3OC(C)CC(N(C)C)C3O)[C@@](C)(O)C[C@@H](C)/C(=N\O)[C@H](C)[C@@H](O)[C@](C)(O)[C@@H](C)OC(=O)[C@@H]2C)OC(C)C1O. The number of cyclic esters (lactones) is 1. The number of hydrogen-bond acceptors (Lipinski definition) is 15. The van der Waals surface area contributed by atoms with Crippen molar-refractivity contribution in [3.63, 3.8) is 0 Å². The van der Waals surface area contributed by atoms with Crippen molar-refractivity contribution in [2.75, 3.05) is 21.2 Å². The van der Waals surface area contributed by atoms with Crippen LogP contribution in [0.5, 0.6) is 0 Å². The molecule has 3 aliphatic rings. The molecule has 8 unspecified atom stereocenters. The Balaban J connectivity index is 2.19. The van der Waals surface area contributed by atoms with Crippen LogP contribution in [0.1, 0.15) is 88.5 Å². The van der Waals surface area contributed by atoms with Crippen molar-refractivity contribution < 1.29 is 64.0 Å². The van der Waals surface area contributed by atoms with Gasteiger partial charge in [-0.15, -0.1) is 0 Å². The Bertz CT molecular complexity index is 1190. The predicted octanol–water partition coefficient (Wildman–Crippen LogP) is 1.66. The van der Waals surface area contributed by atoms with Crippen LogP contribution in [-0.4, -0.2) is 153 Å². The van der Waals surface area contributed by atoms with Gasteiger partial charge in [0.25, 0.3) is 0 Å². The summed E-state index contributed by atoms with van der Waals surface area (Å²) in [6.07, 6.45) is -9.71. The lowest BCUT2D eigenvalue weighted by molar-refractivity contribution is -0.317. The number of aliphatic hydroxyl groups excluding tert-OH is 3. The third kappa shape index (κ3) is 9.42. The molecule has 0 aromatic carbocycles. The number of rotatable bonds is 6. The maximum absolute atomic E-state index is 14.0. The molecule has 0 aromatic rings. The first-order chi connectivity index (χ1) is 23.4. The van der Waals surface area contributed by atoms with Crippen LogP contribution < -0.4 is 0 Å². The average molecular weight is 735 g/mol. The Morgan fingerprint density at radius 3 is 2.04 bits per heavy atom. The smallest absolute Gasteiger partial charge is 0.311 e. The van der Waals surface area contributed by atoms with Crippen LogP contribution in [0.15, 0.2) is 5.16 Å². The number of likely N-dealkylation sites (N-methyl/N-ethyl adjacent to an activating group) is 1. The number of nitrogens with zero attached hydrogens (tertiary/aromatic N) is 2. The monoisotopic (exact) mass is 734 g/mol. The zero-order valence-corrected chi connectivity index (χ0v) is 32.7. The molecule has 3 fully saturated rings. The number of esters is 1. The third-order valence-electron chi connectivity index (χ3n) is 11.8. The molecule has 298 valence electrons. The van der Waals surface area contributed by atoms with Crippen molar-refractivity contribution >= 4 is 11.7 Å². The molecule has 3 rings (SSSR count). The lowest BCUT2D eigenvalue weighted by Gasteiger charge is -2.49. The summed E-state index contributed by atoms with van der Waals surface area (Å²) in [4.78, 5) is 15.9. The summed E-state index contributed by atoms with van der Waals surface area (Å²) in [5.74, 6) is -4.26. The summed E-state index contributed by atoms with van der Waals surface area (Å²) in [5, 5.41) is 71.3. The van der Waals surface area contributed by atoms with Crippen LogP contribution in [0.4, 0.5) is 0 Å². The van der Waals surface area contributed by atoms with E-state index in [-0.39, 0.29) is 30.7 Å². The zero-order chi connectivity index (χ0) is 39.0. The Morgan fingerprint density at radius 2 is 1.49 bits per heavy atom. The third-order valence-corrected chi connectivity index (χ3v) is 11.8. The lowest BCUT2D eigenvalue weighted by atomic mass is 9.74. The Kier molecular flexibility index (Phi) is 14.5. The number of aliphatic hydroxyl groups is 5. The van der Waals surface area contributed by atoms with Crippen LogP contribution in [0.2, 0.25) is 0 Å². The van der Waals surface area contributed by atoms with Gasteiger partial charge in [0.1, 0.15) is 23.9 Å². The van der Waals surface area contributed by atoms with E-state index >= 15 is 0 Å². The topological polar surface area (TPSA) is 209 Å². The second-order valence-corrected chi connectivity index (χ2v) is 16.3. The van der Waals surface area contributed by atoms with E-state index in [0.29, 0.717) is 6.42 Å². The van der Waals surface area contributed by atoms with Gasteiger partial charge in [-0.1, -0.05) is 25.9 Å². The standard InChI is InChI=1S/C36H66N2O13/c1-17-15-34(8,43)31(51-33-27(39)24(38(11)12)14-18(2)47-33)20(4)28(50-25-16-35(9,46-13)30(41)22(6)48-25)21(5)32(42)49-23(7)36(10,44)29(40)19(3)26(17)37-45/h17-25,27-31,33,39-41,43-45H,14-16H2,1-13H3/b37-26+/t17-,18?,19+,20+,21-,22?,23-,24?,25?,27?,28+,29-,30?,31-,33?,34+,35?,36-/m1/s1. The molecule has 0 radical (unpaired) electrons. The molecular weight excluding hydrogens is 668 g/mol. The van der Waals surface area contributed by atoms with Crippen molar-refractivity contribution in [3.8, 4) is 0 Å². The number of methoxy groups -OCH3 is 1. The molecular formula is C36H66N2O13. The molecule has 0 amide bonds. The zero-order valence-electron chi connectivity index (χ0n) is 32.7. The summed E-state index contributed by atoms with van der Waals surface area (Å²) < 4.78 is 37.0. The minimum atomic E-state index is -1.98. The van der Waals surface area contributed by atoms with E-state index in [1.54, 1.807) is 48.5 Å². The maximum atomic E-state index is 14.0. The molecule has 15 heteroatoms. The summed E-state index contributed by atoms with van der Waals surface area (Å²) >= 11 is 0. The van der Waals surface area contributed by atoms with Gasteiger partial charge in [-0.25, -0.2) is 0 Å². The fourth-order valence-electron chi connectivity index (χ4n) is 8.20. The van der Waals surface area contributed by atoms with Gasteiger partial charge in [0.15, 0.2) is 12.6 Å². The molecule has 15 nitrogen and oxygen atoms in total. The summed E-state index contributed by atoms with van der Waals surface area (Å²) in [5.41, 5.74) is -4.69. The van der Waals surface area contributed by atoms with E-state index in [1.807, 2.05) is 25.9 Å². The van der Waals surface area contributed by atoms with E-state index in [9.17, 15) is 35.5 Å². The minimum Gasteiger partial charge on any atom is -0.459 e. The highest BCUT2D eigenvalue weighted by Gasteiger charge is 2.53. The second-order valence-electron chi connectivity index (χ2n) is 16.3. The first kappa shape index (κ1) is 43.9. The summed E-state index contributed by atoms with van der Waals surface area (Å²) in [7, 11) is 5.18. The number of carbonyl (C=O) groups is 1. The van der Waals surface area contributed by atoms with Gasteiger partial charge < -0.3 is 64.1 Å². The van der Waals surface area contributed by atoms with Gasteiger partial charge in [0, 0.05) is 37.3 Å². The van der Waals surface area contributed by atoms with E-state index in [4.69, 9.17) is 28.4 Å². The molecule has 3 aliphatic heterocycles. The fraction of sp³-hybridized carbons (Fsp3) is 0.944. The van der Waals surface area contributed by atoms with Crippen LogP contribution in [0, 0.1) is 23.7 Å². The Hall–Kier alpha value is -1.50. The number of oxime groups is 1. The van der Waals surface area contributed by atoms with Crippen molar-refractivity contribution in [2.24, 2.45) is 28.8 Å². The second kappa shape index (κ2) is 16.9. The minimum absolute atomic E-state index is 0.0674. The molecule has 3 saturated heterocycles. The lowest BCUT2D eigenvalue weighted by Crippen LogP contribution is -2.61. The van der Waals surface area contributed by atoms with Gasteiger partial charge in [-0.2, -0.15) is 0 Å². The maximum Gasteiger partial charge on any atom is 0.311 e. The average Bonchev–Trinajstić information content (AvgIpc) is 3.04. The first-order valence-electron chi connectivity index (χ1n) is 18.2. The molecule has 0 aromatic heterocycles. The fourth-order valence-corrected chi connectivity index (χ4v) is 8.20. The predicted molar refractivity (Wildman–Crippen MR) is 186 cm³/mol. The van der Waals surface area contributed by atoms with Crippen LogP contribution in [0.3, 0.4) is 0 Å². The summed E-state index contributed by atoms with van der Waals surface area (Å²) in [6, 6.07) is -0.322. The van der Waals surface area contributed by atoms with Crippen molar-refractivity contribution in [3.05, 3.63) is 0 Å². The molecule has 0 saturated carbocycles. The quantitative estimate of drug-likeness (QED) is 0.130. The molecule has 0 aliphatic carbocycles. The van der Waals surface area contributed by atoms with Gasteiger partial charge in [0.2, 0.25) is 0 Å². The van der Waals surface area contributed by atoms with Gasteiger partial charge in [-0.05, 0) is 75.4 Å². The molecule has 0 spiro atoms. The molecule has 51 heavy (non-hydrogen) atoms. The highest BCUT2D eigenvalue weighted by Crippen LogP contribution is 2.40. The van der Waals surface area contributed by atoms with Crippen LogP contribution in [-0.2, 0) is 33.2 Å². The van der Waals surface area contributed by atoms with E-state index in [0.717, 1.165) is 0 Å².